The number of aromatic nitrogens is 2. The van der Waals surface area contributed by atoms with Crippen LogP contribution < -0.4 is 0 Å². The Hall–Kier alpha value is -1.36. The molecule has 2 rings (SSSR count). The molecule has 0 spiro atoms. The first-order valence-electron chi connectivity index (χ1n) is 7.07. The Kier molecular flexibility index (Phi) is 4.24. The molecule has 1 saturated heterocycles. The summed E-state index contributed by atoms with van der Waals surface area (Å²) in [5.41, 5.74) is 0.634. The van der Waals surface area contributed by atoms with Gasteiger partial charge >= 0.3 is 5.97 Å². The van der Waals surface area contributed by atoms with Crippen LogP contribution in [0.4, 0.5) is 0 Å². The van der Waals surface area contributed by atoms with Crippen LogP contribution in [0.2, 0.25) is 0 Å². The maximum Gasteiger partial charge on any atom is 0.310 e. The molecule has 1 aliphatic rings. The first kappa shape index (κ1) is 14.1. The second-order valence-corrected chi connectivity index (χ2v) is 5.45. The number of nitrogens with zero attached hydrogens (tertiary/aromatic N) is 3. The second-order valence-electron chi connectivity index (χ2n) is 5.45. The molecule has 0 saturated carbocycles. The van der Waals surface area contributed by atoms with Gasteiger partial charge in [-0.3, -0.25) is 14.4 Å². The zero-order chi connectivity index (χ0) is 13.9. The van der Waals surface area contributed by atoms with Gasteiger partial charge in [-0.2, -0.15) is 5.10 Å². The summed E-state index contributed by atoms with van der Waals surface area (Å²) in [5.74, 6) is -0.653. The molecule has 1 aromatic heterocycles. The van der Waals surface area contributed by atoms with Gasteiger partial charge in [-0.15, -0.1) is 0 Å². The maximum atomic E-state index is 11.4. The van der Waals surface area contributed by atoms with Crippen LogP contribution >= 0.6 is 0 Å². The van der Waals surface area contributed by atoms with Gasteiger partial charge in [-0.1, -0.05) is 13.8 Å². The van der Waals surface area contributed by atoms with Crippen LogP contribution in [0.5, 0.6) is 0 Å². The Balaban J connectivity index is 2.02. The minimum absolute atomic E-state index is 0.546. The Morgan fingerprint density at radius 3 is 2.89 bits per heavy atom. The van der Waals surface area contributed by atoms with Crippen molar-refractivity contribution in [2.75, 3.05) is 13.1 Å². The van der Waals surface area contributed by atoms with Crippen LogP contribution in [0.25, 0.3) is 0 Å². The Morgan fingerprint density at radius 2 is 2.32 bits per heavy atom. The van der Waals surface area contributed by atoms with E-state index in [1.165, 1.54) is 5.69 Å². The summed E-state index contributed by atoms with van der Waals surface area (Å²) < 4.78 is 2.02. The highest BCUT2D eigenvalue weighted by molar-refractivity contribution is 5.75. The van der Waals surface area contributed by atoms with Gasteiger partial charge in [0.1, 0.15) is 0 Å². The van der Waals surface area contributed by atoms with E-state index in [1.807, 2.05) is 23.9 Å². The average Bonchev–Trinajstić information content (AvgIpc) is 2.99. The first-order chi connectivity index (χ1) is 9.11. The van der Waals surface area contributed by atoms with Crippen LogP contribution in [0, 0.1) is 5.41 Å². The zero-order valence-corrected chi connectivity index (χ0v) is 11.8. The van der Waals surface area contributed by atoms with E-state index in [0.29, 0.717) is 13.0 Å². The summed E-state index contributed by atoms with van der Waals surface area (Å²) in [7, 11) is 0. The number of carbonyl (C=O) groups is 1. The maximum absolute atomic E-state index is 11.4. The molecule has 1 fully saturated rings. The lowest BCUT2D eigenvalue weighted by Gasteiger charge is -2.23. The van der Waals surface area contributed by atoms with E-state index in [1.54, 1.807) is 0 Å². The molecule has 5 heteroatoms. The highest BCUT2D eigenvalue weighted by Crippen LogP contribution is 2.34. The first-order valence-corrected chi connectivity index (χ1v) is 7.07. The minimum Gasteiger partial charge on any atom is -0.481 e. The Bertz CT molecular complexity index is 444. The number of rotatable bonds is 6. The van der Waals surface area contributed by atoms with Gasteiger partial charge in [0.25, 0.3) is 0 Å². The molecule has 0 aliphatic carbocycles. The molecule has 0 aromatic carbocycles. The lowest BCUT2D eigenvalue weighted by Crippen LogP contribution is -2.34. The van der Waals surface area contributed by atoms with Crippen molar-refractivity contribution in [2.24, 2.45) is 5.41 Å². The standard InChI is InChI=1S/C14H23N3O2/c1-3-8-17-12(5-7-15-17)10-16-9-6-14(4-2,11-16)13(18)19/h5,7H,3-4,6,8-11H2,1-2H3,(H,18,19). The SMILES string of the molecule is CCCn1nccc1CN1CCC(CC)(C(=O)O)C1. The molecular formula is C14H23N3O2. The summed E-state index contributed by atoms with van der Waals surface area (Å²) in [6.45, 7) is 7.34. The van der Waals surface area contributed by atoms with Gasteiger partial charge in [0.15, 0.2) is 0 Å². The zero-order valence-electron chi connectivity index (χ0n) is 11.8. The van der Waals surface area contributed by atoms with Crippen molar-refractivity contribution in [1.29, 1.82) is 0 Å². The number of hydrogen-bond donors (Lipinski definition) is 1. The van der Waals surface area contributed by atoms with E-state index in [4.69, 9.17) is 0 Å². The summed E-state index contributed by atoms with van der Waals surface area (Å²) >= 11 is 0. The second kappa shape index (κ2) is 5.74. The lowest BCUT2D eigenvalue weighted by atomic mass is 9.84. The third kappa shape index (κ3) is 2.81. The predicted octanol–water partition coefficient (Wildman–Crippen LogP) is 1.98. The van der Waals surface area contributed by atoms with E-state index < -0.39 is 11.4 Å². The number of hydrogen-bond acceptors (Lipinski definition) is 3. The van der Waals surface area contributed by atoms with Crippen LogP contribution in [0.3, 0.4) is 0 Å². The number of likely N-dealkylation sites (tertiary alicyclic amines) is 1. The van der Waals surface area contributed by atoms with Gasteiger partial charge < -0.3 is 5.11 Å². The molecule has 0 amide bonds. The Morgan fingerprint density at radius 1 is 1.53 bits per heavy atom. The number of carboxylic acid groups (broad SMARTS) is 1. The highest BCUT2D eigenvalue weighted by atomic mass is 16.4. The third-order valence-corrected chi connectivity index (χ3v) is 4.19. The Labute approximate surface area is 114 Å². The topological polar surface area (TPSA) is 58.4 Å². The quantitative estimate of drug-likeness (QED) is 0.854. The monoisotopic (exact) mass is 265 g/mol. The largest absolute Gasteiger partial charge is 0.481 e. The van der Waals surface area contributed by atoms with Crippen molar-refractivity contribution in [2.45, 2.75) is 46.2 Å². The summed E-state index contributed by atoms with van der Waals surface area (Å²) in [6, 6.07) is 2.03. The van der Waals surface area contributed by atoms with Crippen LogP contribution in [0.1, 0.15) is 38.8 Å². The van der Waals surface area contributed by atoms with Crippen molar-refractivity contribution < 1.29 is 9.90 Å². The van der Waals surface area contributed by atoms with Gasteiger partial charge in [0.2, 0.25) is 0 Å². The summed E-state index contributed by atoms with van der Waals surface area (Å²) in [6.07, 6.45) is 4.34. The van der Waals surface area contributed by atoms with Crippen molar-refractivity contribution in [3.05, 3.63) is 18.0 Å². The number of carboxylic acids is 1. The fourth-order valence-electron chi connectivity index (χ4n) is 2.84. The molecule has 1 unspecified atom stereocenters. The van der Waals surface area contributed by atoms with E-state index in [0.717, 1.165) is 32.5 Å². The molecule has 19 heavy (non-hydrogen) atoms. The van der Waals surface area contributed by atoms with E-state index in [9.17, 15) is 9.90 Å². The molecule has 1 aliphatic heterocycles. The van der Waals surface area contributed by atoms with Crippen molar-refractivity contribution in [1.82, 2.24) is 14.7 Å². The summed E-state index contributed by atoms with van der Waals surface area (Å²) in [4.78, 5) is 13.7. The van der Waals surface area contributed by atoms with Gasteiger partial charge in [-0.25, -0.2) is 0 Å². The molecule has 0 radical (unpaired) electrons. The van der Waals surface area contributed by atoms with E-state index in [-0.39, 0.29) is 0 Å². The van der Waals surface area contributed by atoms with Gasteiger partial charge in [0.05, 0.1) is 11.1 Å². The molecule has 106 valence electrons. The fraction of sp³-hybridized carbons (Fsp3) is 0.714. The van der Waals surface area contributed by atoms with Gasteiger partial charge in [-0.05, 0) is 31.9 Å². The smallest absolute Gasteiger partial charge is 0.310 e. The third-order valence-electron chi connectivity index (χ3n) is 4.19. The minimum atomic E-state index is -0.653. The number of aryl methyl sites for hydroxylation is 1. The molecule has 1 atom stereocenters. The van der Waals surface area contributed by atoms with Crippen molar-refractivity contribution in [3.63, 3.8) is 0 Å². The molecule has 1 N–H and O–H groups in total. The molecule has 1 aromatic rings. The lowest BCUT2D eigenvalue weighted by molar-refractivity contribution is -0.148. The summed E-state index contributed by atoms with van der Waals surface area (Å²) in [5, 5.41) is 13.7. The molecule has 5 nitrogen and oxygen atoms in total. The van der Waals surface area contributed by atoms with Crippen LogP contribution in [0.15, 0.2) is 12.3 Å². The van der Waals surface area contributed by atoms with E-state index >= 15 is 0 Å². The normalized spacial score (nSPS) is 23.9. The molecule has 2 heterocycles. The number of aliphatic carboxylic acids is 1. The average molecular weight is 265 g/mol. The van der Waals surface area contributed by atoms with Crippen molar-refractivity contribution >= 4 is 5.97 Å². The highest BCUT2D eigenvalue weighted by Gasteiger charge is 2.43. The van der Waals surface area contributed by atoms with Crippen LogP contribution in [-0.2, 0) is 17.9 Å². The van der Waals surface area contributed by atoms with E-state index in [2.05, 4.69) is 16.9 Å². The molecular weight excluding hydrogens is 242 g/mol. The van der Waals surface area contributed by atoms with Gasteiger partial charge in [0, 0.05) is 25.8 Å². The molecule has 0 bridgehead atoms. The predicted molar refractivity (Wildman–Crippen MR) is 72.8 cm³/mol. The van der Waals surface area contributed by atoms with Crippen LogP contribution in [-0.4, -0.2) is 38.8 Å². The van der Waals surface area contributed by atoms with Crippen molar-refractivity contribution in [3.8, 4) is 0 Å². The fourth-order valence-corrected chi connectivity index (χ4v) is 2.84.